The van der Waals surface area contributed by atoms with Gasteiger partial charge in [-0.15, -0.1) is 0 Å². The van der Waals surface area contributed by atoms with Gasteiger partial charge in [-0.1, -0.05) is 13.8 Å². The quantitative estimate of drug-likeness (QED) is 0.453. The summed E-state index contributed by atoms with van der Waals surface area (Å²) in [5.41, 5.74) is 0. The van der Waals surface area contributed by atoms with Gasteiger partial charge in [-0.25, -0.2) is 0 Å². The average molecular weight is 232 g/mol. The Morgan fingerprint density at radius 3 is 2.38 bits per heavy atom. The molecule has 1 atom stereocenters. The fraction of sp³-hybridized carbons (Fsp3) is 1.00. The molecule has 0 aliphatic heterocycles. The van der Waals surface area contributed by atoms with Gasteiger partial charge in [0.25, 0.3) is 0 Å². The molecule has 0 spiro atoms. The molecule has 16 heavy (non-hydrogen) atoms. The van der Waals surface area contributed by atoms with E-state index in [1.54, 1.807) is 0 Å². The first kappa shape index (κ1) is 15.8. The Morgan fingerprint density at radius 2 is 1.81 bits per heavy atom. The first-order valence-corrected chi connectivity index (χ1v) is 6.46. The fourth-order valence-electron chi connectivity index (χ4n) is 1.65. The van der Waals surface area contributed by atoms with Crippen molar-refractivity contribution in [2.45, 2.75) is 39.2 Å². The van der Waals surface area contributed by atoms with Crippen LogP contribution in [-0.2, 0) is 0 Å². The maximum atomic E-state index is 9.74. The molecule has 0 aliphatic carbocycles. The first-order valence-electron chi connectivity index (χ1n) is 6.46. The second-order valence-electron chi connectivity index (χ2n) is 4.13. The molecule has 0 bridgehead atoms. The Morgan fingerprint density at radius 1 is 1.12 bits per heavy atom. The van der Waals surface area contributed by atoms with E-state index in [9.17, 15) is 5.11 Å². The van der Waals surface area contributed by atoms with Crippen molar-refractivity contribution in [3.05, 3.63) is 0 Å². The van der Waals surface area contributed by atoms with Gasteiger partial charge in [0.05, 0.1) is 6.10 Å². The lowest BCUT2D eigenvalue weighted by Crippen LogP contribution is -2.38. The predicted molar refractivity (Wildman–Crippen MR) is 67.6 cm³/mol. The lowest BCUT2D eigenvalue weighted by molar-refractivity contribution is 0.117. The van der Waals surface area contributed by atoms with Gasteiger partial charge >= 0.3 is 0 Å². The van der Waals surface area contributed by atoms with Crippen LogP contribution in [0.15, 0.2) is 0 Å². The number of nitrogens with one attached hydrogen (secondary N) is 1. The van der Waals surface area contributed by atoms with Gasteiger partial charge in [0.15, 0.2) is 0 Å². The second-order valence-corrected chi connectivity index (χ2v) is 4.13. The summed E-state index contributed by atoms with van der Waals surface area (Å²) in [7, 11) is 0. The molecule has 0 aromatic carbocycles. The van der Waals surface area contributed by atoms with Crippen LogP contribution < -0.4 is 5.32 Å². The van der Waals surface area contributed by atoms with Crippen LogP contribution in [-0.4, -0.2) is 60.5 Å². The zero-order valence-corrected chi connectivity index (χ0v) is 10.8. The highest BCUT2D eigenvalue weighted by atomic mass is 16.3. The maximum absolute atomic E-state index is 9.74. The van der Waals surface area contributed by atoms with Crippen LogP contribution in [0.2, 0.25) is 0 Å². The van der Waals surface area contributed by atoms with Gasteiger partial charge in [-0.3, -0.25) is 0 Å². The molecular formula is C12H28N2O2. The van der Waals surface area contributed by atoms with Crippen molar-refractivity contribution in [1.82, 2.24) is 10.2 Å². The van der Waals surface area contributed by atoms with Crippen LogP contribution in [0.5, 0.6) is 0 Å². The molecular weight excluding hydrogens is 204 g/mol. The Hall–Kier alpha value is -0.160. The molecule has 1 unspecified atom stereocenters. The van der Waals surface area contributed by atoms with E-state index in [1.165, 1.54) is 0 Å². The third-order valence-corrected chi connectivity index (χ3v) is 2.76. The Labute approximate surface area is 99.7 Å². The van der Waals surface area contributed by atoms with E-state index in [4.69, 9.17) is 5.11 Å². The van der Waals surface area contributed by atoms with Crippen molar-refractivity contribution in [2.24, 2.45) is 0 Å². The summed E-state index contributed by atoms with van der Waals surface area (Å²) in [4.78, 5) is 2.22. The van der Waals surface area contributed by atoms with E-state index in [1.807, 2.05) is 0 Å². The molecule has 0 saturated heterocycles. The molecule has 0 aromatic rings. The van der Waals surface area contributed by atoms with E-state index >= 15 is 0 Å². The topological polar surface area (TPSA) is 55.7 Å². The minimum absolute atomic E-state index is 0.280. The number of nitrogens with zero attached hydrogens (tertiary/aromatic N) is 1. The molecule has 0 aliphatic rings. The van der Waals surface area contributed by atoms with Gasteiger partial charge in [-0.2, -0.15) is 0 Å². The zero-order valence-electron chi connectivity index (χ0n) is 10.8. The molecule has 4 nitrogen and oxygen atoms in total. The number of unbranched alkanes of at least 4 members (excludes halogenated alkanes) is 2. The van der Waals surface area contributed by atoms with E-state index in [2.05, 4.69) is 24.1 Å². The molecule has 4 heteroatoms. The maximum Gasteiger partial charge on any atom is 0.0791 e. The van der Waals surface area contributed by atoms with Gasteiger partial charge in [0.1, 0.15) is 0 Å². The van der Waals surface area contributed by atoms with Gasteiger partial charge < -0.3 is 20.4 Å². The van der Waals surface area contributed by atoms with E-state index < -0.39 is 0 Å². The number of likely N-dealkylation sites (N-methyl/N-ethyl adjacent to an activating group) is 1. The number of aliphatic hydroxyl groups excluding tert-OH is 2. The Balaban J connectivity index is 3.32. The second kappa shape index (κ2) is 11.3. The lowest BCUT2D eigenvalue weighted by Gasteiger charge is -2.22. The minimum atomic E-state index is -0.280. The Bertz CT molecular complexity index is 141. The summed E-state index contributed by atoms with van der Waals surface area (Å²) >= 11 is 0. The highest BCUT2D eigenvalue weighted by Gasteiger charge is 2.07. The number of hydrogen-bond donors (Lipinski definition) is 3. The van der Waals surface area contributed by atoms with Crippen molar-refractivity contribution in [1.29, 1.82) is 0 Å². The normalized spacial score (nSPS) is 13.3. The van der Waals surface area contributed by atoms with Crippen molar-refractivity contribution in [3.8, 4) is 0 Å². The van der Waals surface area contributed by atoms with E-state index in [0.717, 1.165) is 45.4 Å². The van der Waals surface area contributed by atoms with Crippen molar-refractivity contribution < 1.29 is 10.2 Å². The molecule has 0 saturated carbocycles. The monoisotopic (exact) mass is 232 g/mol. The van der Waals surface area contributed by atoms with Crippen LogP contribution in [0.1, 0.15) is 33.1 Å². The minimum Gasteiger partial charge on any atom is -0.396 e. The smallest absolute Gasteiger partial charge is 0.0791 e. The summed E-state index contributed by atoms with van der Waals surface area (Å²) < 4.78 is 0. The van der Waals surface area contributed by atoms with E-state index in [0.29, 0.717) is 6.54 Å². The van der Waals surface area contributed by atoms with Gasteiger partial charge in [0, 0.05) is 19.7 Å². The highest BCUT2D eigenvalue weighted by Crippen LogP contribution is 1.93. The van der Waals surface area contributed by atoms with Crippen molar-refractivity contribution in [2.75, 3.05) is 39.3 Å². The van der Waals surface area contributed by atoms with Crippen molar-refractivity contribution >= 4 is 0 Å². The summed E-state index contributed by atoms with van der Waals surface area (Å²) in [6, 6.07) is 0. The molecule has 0 fully saturated rings. The van der Waals surface area contributed by atoms with Crippen LogP contribution in [0.25, 0.3) is 0 Å². The van der Waals surface area contributed by atoms with Gasteiger partial charge in [-0.05, 0) is 38.9 Å². The fourth-order valence-corrected chi connectivity index (χ4v) is 1.65. The summed E-state index contributed by atoms with van der Waals surface area (Å²) in [6.07, 6.45) is 2.72. The third kappa shape index (κ3) is 9.09. The summed E-state index contributed by atoms with van der Waals surface area (Å²) in [6.45, 7) is 8.82. The number of aliphatic hydroxyl groups is 2. The largest absolute Gasteiger partial charge is 0.396 e. The Kier molecular flexibility index (Phi) is 11.2. The molecule has 0 aromatic heterocycles. The molecule has 0 amide bonds. The molecule has 0 rings (SSSR count). The summed E-state index contributed by atoms with van der Waals surface area (Å²) in [5.74, 6) is 0. The third-order valence-electron chi connectivity index (χ3n) is 2.76. The van der Waals surface area contributed by atoms with Crippen molar-refractivity contribution in [3.63, 3.8) is 0 Å². The first-order chi connectivity index (χ1) is 7.74. The number of hydrogen-bond acceptors (Lipinski definition) is 4. The summed E-state index contributed by atoms with van der Waals surface area (Å²) in [5, 5.41) is 21.6. The average Bonchev–Trinajstić information content (AvgIpc) is 2.30. The molecule has 98 valence electrons. The highest BCUT2D eigenvalue weighted by molar-refractivity contribution is 4.65. The molecule has 0 heterocycles. The molecule has 0 radical (unpaired) electrons. The van der Waals surface area contributed by atoms with E-state index in [-0.39, 0.29) is 12.7 Å². The standard InChI is InChI=1S/C12H28N2O2/c1-3-14(4-2)11-12(16)10-13-8-6-5-7-9-15/h12-13,15-16H,3-11H2,1-2H3. The van der Waals surface area contributed by atoms with Crippen LogP contribution in [0, 0.1) is 0 Å². The van der Waals surface area contributed by atoms with Crippen LogP contribution in [0.3, 0.4) is 0 Å². The zero-order chi connectivity index (χ0) is 12.2. The SMILES string of the molecule is CCN(CC)CC(O)CNCCCCCO. The van der Waals surface area contributed by atoms with Crippen LogP contribution >= 0.6 is 0 Å². The molecule has 3 N–H and O–H groups in total. The lowest BCUT2D eigenvalue weighted by atomic mass is 10.2. The predicted octanol–water partition coefficient (Wildman–Crippen LogP) is 0.441. The number of rotatable bonds is 11. The van der Waals surface area contributed by atoms with Crippen LogP contribution in [0.4, 0.5) is 0 Å². The van der Waals surface area contributed by atoms with Gasteiger partial charge in [0.2, 0.25) is 0 Å².